The molecule has 1 saturated heterocycles. The zero-order valence-electron chi connectivity index (χ0n) is 9.61. The van der Waals surface area contributed by atoms with Gasteiger partial charge in [0.15, 0.2) is 0 Å². The molecule has 1 aromatic rings. The maximum Gasteiger partial charge on any atom is 0.325 e. The van der Waals surface area contributed by atoms with Gasteiger partial charge in [-0.05, 0) is 44.0 Å². The molecule has 0 saturated carbocycles. The number of amides is 2. The summed E-state index contributed by atoms with van der Waals surface area (Å²) in [5.41, 5.74) is 0.491. The molecular formula is C12H15BrN2O2. The van der Waals surface area contributed by atoms with Crippen molar-refractivity contribution in [2.45, 2.75) is 25.4 Å². The van der Waals surface area contributed by atoms with Crippen LogP contribution in [0.3, 0.4) is 0 Å². The number of anilines is 1. The Labute approximate surface area is 109 Å². The van der Waals surface area contributed by atoms with Gasteiger partial charge >= 0.3 is 6.03 Å². The number of hydrogen-bond donors (Lipinski definition) is 2. The fourth-order valence-electron chi connectivity index (χ4n) is 2.10. The lowest BCUT2D eigenvalue weighted by molar-refractivity contribution is 0.179. The molecule has 0 aliphatic carbocycles. The molecule has 1 aromatic carbocycles. The molecule has 4 nitrogen and oxygen atoms in total. The average molecular weight is 299 g/mol. The summed E-state index contributed by atoms with van der Waals surface area (Å²) in [6, 6.07) is 7.54. The van der Waals surface area contributed by atoms with Crippen molar-refractivity contribution in [3.05, 3.63) is 28.7 Å². The molecule has 1 fully saturated rings. The number of nitrogens with one attached hydrogen (secondary N) is 1. The first kappa shape index (κ1) is 12.4. The van der Waals surface area contributed by atoms with Crippen LogP contribution in [0.25, 0.3) is 0 Å². The van der Waals surface area contributed by atoms with Gasteiger partial charge in [-0.3, -0.25) is 4.90 Å². The monoisotopic (exact) mass is 298 g/mol. The van der Waals surface area contributed by atoms with Gasteiger partial charge in [0.1, 0.15) is 5.66 Å². The van der Waals surface area contributed by atoms with Gasteiger partial charge in [0, 0.05) is 16.8 Å². The first-order valence-corrected chi connectivity index (χ1v) is 6.35. The van der Waals surface area contributed by atoms with Gasteiger partial charge in [0.2, 0.25) is 0 Å². The zero-order valence-corrected chi connectivity index (χ0v) is 11.2. The molecule has 1 atom stereocenters. The van der Waals surface area contributed by atoms with Crippen molar-refractivity contribution in [3.8, 4) is 0 Å². The van der Waals surface area contributed by atoms with Crippen LogP contribution in [-0.4, -0.2) is 23.4 Å². The van der Waals surface area contributed by atoms with E-state index < -0.39 is 0 Å². The third kappa shape index (κ3) is 2.30. The van der Waals surface area contributed by atoms with Crippen LogP contribution in [0, 0.1) is 0 Å². The topological polar surface area (TPSA) is 52.6 Å². The van der Waals surface area contributed by atoms with Crippen molar-refractivity contribution in [3.63, 3.8) is 0 Å². The lowest BCUT2D eigenvalue weighted by Gasteiger charge is -2.51. The fourth-order valence-corrected chi connectivity index (χ4v) is 2.37. The largest absolute Gasteiger partial charge is 0.396 e. The quantitative estimate of drug-likeness (QED) is 0.897. The number of carbonyl (C=O) groups is 1. The number of halogens is 1. The van der Waals surface area contributed by atoms with E-state index in [1.807, 2.05) is 31.2 Å². The molecule has 2 amide bonds. The van der Waals surface area contributed by atoms with Gasteiger partial charge in [0.05, 0.1) is 0 Å². The van der Waals surface area contributed by atoms with Crippen molar-refractivity contribution in [2.75, 3.05) is 11.5 Å². The Morgan fingerprint density at radius 1 is 1.41 bits per heavy atom. The second kappa shape index (κ2) is 4.66. The van der Waals surface area contributed by atoms with Crippen molar-refractivity contribution < 1.29 is 9.90 Å². The van der Waals surface area contributed by atoms with Crippen LogP contribution in [0.2, 0.25) is 0 Å². The molecule has 1 unspecified atom stereocenters. The van der Waals surface area contributed by atoms with E-state index in [-0.39, 0.29) is 18.3 Å². The Balaban J connectivity index is 2.18. The Bertz CT molecular complexity index is 421. The lowest BCUT2D eigenvalue weighted by atomic mass is 9.99. The van der Waals surface area contributed by atoms with E-state index in [9.17, 15) is 4.79 Å². The molecular weight excluding hydrogens is 284 g/mol. The number of benzene rings is 1. The molecule has 0 radical (unpaired) electrons. The summed E-state index contributed by atoms with van der Waals surface area (Å²) in [5, 5.41) is 11.8. The van der Waals surface area contributed by atoms with Crippen molar-refractivity contribution in [2.24, 2.45) is 0 Å². The third-order valence-electron chi connectivity index (χ3n) is 2.98. The van der Waals surface area contributed by atoms with E-state index in [0.29, 0.717) is 6.42 Å². The molecule has 17 heavy (non-hydrogen) atoms. The second-order valence-electron chi connectivity index (χ2n) is 4.34. The Kier molecular flexibility index (Phi) is 3.40. The maximum absolute atomic E-state index is 11.6. The summed E-state index contributed by atoms with van der Waals surface area (Å²) in [6.45, 7) is 2.10. The second-order valence-corrected chi connectivity index (χ2v) is 5.26. The first-order valence-electron chi connectivity index (χ1n) is 5.56. The Morgan fingerprint density at radius 3 is 2.59 bits per heavy atom. The van der Waals surface area contributed by atoms with Crippen LogP contribution in [0.4, 0.5) is 10.5 Å². The highest BCUT2D eigenvalue weighted by atomic mass is 79.9. The van der Waals surface area contributed by atoms with Crippen LogP contribution in [0.1, 0.15) is 19.8 Å². The molecule has 2 rings (SSSR count). The number of urea groups is 1. The highest BCUT2D eigenvalue weighted by molar-refractivity contribution is 9.10. The van der Waals surface area contributed by atoms with Crippen LogP contribution in [0.5, 0.6) is 0 Å². The first-order chi connectivity index (χ1) is 8.07. The molecule has 1 aliphatic heterocycles. The number of nitrogens with zero attached hydrogens (tertiary/aromatic N) is 1. The average Bonchev–Trinajstić information content (AvgIpc) is 2.29. The van der Waals surface area contributed by atoms with E-state index in [2.05, 4.69) is 21.2 Å². The van der Waals surface area contributed by atoms with Gasteiger partial charge in [-0.25, -0.2) is 4.79 Å². The fraction of sp³-hybridized carbons (Fsp3) is 0.417. The number of aliphatic hydroxyl groups excluding tert-OH is 1. The summed E-state index contributed by atoms with van der Waals surface area (Å²) in [4.78, 5) is 13.4. The molecule has 2 N–H and O–H groups in total. The normalized spacial score (nSPS) is 23.2. The number of hydrogen-bond acceptors (Lipinski definition) is 2. The highest BCUT2D eigenvalue weighted by Gasteiger charge is 2.46. The molecule has 0 bridgehead atoms. The maximum atomic E-state index is 11.6. The molecule has 5 heteroatoms. The van der Waals surface area contributed by atoms with Crippen molar-refractivity contribution in [1.29, 1.82) is 0 Å². The Hall–Kier alpha value is -1.07. The molecule has 1 aliphatic rings. The van der Waals surface area contributed by atoms with Gasteiger partial charge in [-0.2, -0.15) is 0 Å². The summed E-state index contributed by atoms with van der Waals surface area (Å²) in [7, 11) is 0. The lowest BCUT2D eigenvalue weighted by Crippen LogP contribution is -2.74. The predicted octanol–water partition coefficient (Wildman–Crippen LogP) is 2.47. The summed E-state index contributed by atoms with van der Waals surface area (Å²) in [5.74, 6) is 0. The molecule has 1 heterocycles. The SMILES string of the molecule is CC1(CCCO)NC(=O)N1c1ccc(Br)cc1. The van der Waals surface area contributed by atoms with Gasteiger partial charge in [0.25, 0.3) is 0 Å². The molecule has 0 aromatic heterocycles. The van der Waals surface area contributed by atoms with Crippen LogP contribution >= 0.6 is 15.9 Å². The summed E-state index contributed by atoms with van der Waals surface area (Å²) < 4.78 is 0.985. The molecule has 0 spiro atoms. The number of rotatable bonds is 4. The summed E-state index contributed by atoms with van der Waals surface area (Å²) in [6.07, 6.45) is 1.40. The molecule has 92 valence electrons. The minimum Gasteiger partial charge on any atom is -0.396 e. The van der Waals surface area contributed by atoms with Gasteiger partial charge < -0.3 is 10.4 Å². The predicted molar refractivity (Wildman–Crippen MR) is 69.9 cm³/mol. The minimum atomic E-state index is -0.381. The van der Waals surface area contributed by atoms with E-state index in [0.717, 1.165) is 16.6 Å². The number of aliphatic hydroxyl groups is 1. The van der Waals surface area contributed by atoms with Crippen molar-refractivity contribution in [1.82, 2.24) is 5.32 Å². The smallest absolute Gasteiger partial charge is 0.325 e. The number of carbonyl (C=O) groups excluding carboxylic acids is 1. The highest BCUT2D eigenvalue weighted by Crippen LogP contribution is 2.33. The Morgan fingerprint density at radius 2 is 2.06 bits per heavy atom. The van der Waals surface area contributed by atoms with E-state index in [4.69, 9.17) is 5.11 Å². The van der Waals surface area contributed by atoms with E-state index in [1.165, 1.54) is 0 Å². The van der Waals surface area contributed by atoms with Crippen LogP contribution < -0.4 is 10.2 Å². The van der Waals surface area contributed by atoms with E-state index >= 15 is 0 Å². The van der Waals surface area contributed by atoms with Crippen LogP contribution in [0.15, 0.2) is 28.7 Å². The standard InChI is InChI=1S/C12H15BrN2O2/c1-12(7-2-8-16)14-11(17)15(12)10-5-3-9(13)4-6-10/h3-6,16H,2,7-8H2,1H3,(H,14,17). The minimum absolute atomic E-state index is 0.0900. The van der Waals surface area contributed by atoms with E-state index in [1.54, 1.807) is 4.90 Å². The third-order valence-corrected chi connectivity index (χ3v) is 3.51. The van der Waals surface area contributed by atoms with Gasteiger partial charge in [-0.15, -0.1) is 0 Å². The van der Waals surface area contributed by atoms with Gasteiger partial charge in [-0.1, -0.05) is 15.9 Å². The zero-order chi connectivity index (χ0) is 12.5. The van der Waals surface area contributed by atoms with Crippen LogP contribution in [-0.2, 0) is 0 Å². The van der Waals surface area contributed by atoms with Crippen molar-refractivity contribution >= 4 is 27.6 Å². The summed E-state index contributed by atoms with van der Waals surface area (Å²) >= 11 is 3.37.